The number of nitrogens with two attached hydrogens (primary N) is 1. The summed E-state index contributed by atoms with van der Waals surface area (Å²) in [4.78, 5) is 12.5. The fourth-order valence-electron chi connectivity index (χ4n) is 3.39. The van der Waals surface area contributed by atoms with Crippen LogP contribution in [0.5, 0.6) is 0 Å². The molecule has 4 rings (SSSR count). The molecule has 1 amide bonds. The second-order valence-electron chi connectivity index (χ2n) is 7.57. The summed E-state index contributed by atoms with van der Waals surface area (Å²) < 4.78 is 1.79. The van der Waals surface area contributed by atoms with E-state index in [1.807, 2.05) is 79.0 Å². The lowest BCUT2D eigenvalue weighted by atomic mass is 10.0. The van der Waals surface area contributed by atoms with Crippen LogP contribution < -0.4 is 11.1 Å². The Labute approximate surface area is 192 Å². The number of carbonyl (C=O) groups is 1. The standard InChI is InChI=1S/C25H24ClN5O/c26-21-9-6-18(7-10-21)14-15-31-17-22(29-30-31)11-13-25(32)28-24-16-20(8-12-23(24)27)19-4-2-1-3-5-19/h1-10,12,16-17H,11,13-15,27H2,(H,28,32). The first kappa shape index (κ1) is 21.6. The van der Waals surface area contributed by atoms with Crippen molar-refractivity contribution in [3.8, 4) is 11.1 Å². The van der Waals surface area contributed by atoms with Crippen LogP contribution in [0.4, 0.5) is 11.4 Å². The maximum absolute atomic E-state index is 12.5. The number of benzene rings is 3. The molecule has 3 aromatic carbocycles. The van der Waals surface area contributed by atoms with E-state index in [4.69, 9.17) is 17.3 Å². The van der Waals surface area contributed by atoms with E-state index in [1.54, 1.807) is 4.68 Å². The Balaban J connectivity index is 1.30. The second kappa shape index (κ2) is 10.1. The lowest BCUT2D eigenvalue weighted by Crippen LogP contribution is -2.13. The number of nitrogen functional groups attached to an aromatic ring is 1. The molecule has 1 aromatic heterocycles. The summed E-state index contributed by atoms with van der Waals surface area (Å²) in [5, 5.41) is 12.0. The van der Waals surface area contributed by atoms with E-state index in [9.17, 15) is 4.79 Å². The van der Waals surface area contributed by atoms with Gasteiger partial charge in [-0.05, 0) is 47.4 Å². The van der Waals surface area contributed by atoms with E-state index < -0.39 is 0 Å². The summed E-state index contributed by atoms with van der Waals surface area (Å²) >= 11 is 5.92. The molecule has 3 N–H and O–H groups in total. The molecule has 0 spiro atoms. The Kier molecular flexibility index (Phi) is 6.82. The van der Waals surface area contributed by atoms with Gasteiger partial charge in [0.1, 0.15) is 0 Å². The highest BCUT2D eigenvalue weighted by molar-refractivity contribution is 6.30. The highest BCUT2D eigenvalue weighted by Crippen LogP contribution is 2.27. The summed E-state index contributed by atoms with van der Waals surface area (Å²) in [6.07, 6.45) is 3.51. The summed E-state index contributed by atoms with van der Waals surface area (Å²) in [7, 11) is 0. The molecular formula is C25H24ClN5O. The van der Waals surface area contributed by atoms with Gasteiger partial charge >= 0.3 is 0 Å². The van der Waals surface area contributed by atoms with Gasteiger partial charge in [-0.1, -0.05) is 65.3 Å². The number of nitrogens with one attached hydrogen (secondary N) is 1. The van der Waals surface area contributed by atoms with Gasteiger partial charge in [-0.15, -0.1) is 5.10 Å². The monoisotopic (exact) mass is 445 g/mol. The number of hydrogen-bond acceptors (Lipinski definition) is 4. The van der Waals surface area contributed by atoms with Crippen molar-refractivity contribution in [3.63, 3.8) is 0 Å². The largest absolute Gasteiger partial charge is 0.397 e. The van der Waals surface area contributed by atoms with E-state index in [1.165, 1.54) is 5.56 Å². The number of halogens is 1. The molecular weight excluding hydrogens is 422 g/mol. The molecule has 0 aliphatic rings. The zero-order valence-electron chi connectivity index (χ0n) is 17.5. The molecule has 0 radical (unpaired) electrons. The highest BCUT2D eigenvalue weighted by atomic mass is 35.5. The molecule has 0 fully saturated rings. The predicted octanol–water partition coefficient (Wildman–Crippen LogP) is 4.99. The zero-order chi connectivity index (χ0) is 22.3. The van der Waals surface area contributed by atoms with Crippen molar-refractivity contribution in [1.82, 2.24) is 15.0 Å². The smallest absolute Gasteiger partial charge is 0.224 e. The van der Waals surface area contributed by atoms with Gasteiger partial charge in [0, 0.05) is 30.6 Å². The molecule has 4 aromatic rings. The fourth-order valence-corrected chi connectivity index (χ4v) is 3.51. The molecule has 0 atom stereocenters. The van der Waals surface area contributed by atoms with Crippen LogP contribution in [0.25, 0.3) is 11.1 Å². The lowest BCUT2D eigenvalue weighted by Gasteiger charge is -2.10. The number of nitrogens with zero attached hydrogens (tertiary/aromatic N) is 3. The Hall–Kier alpha value is -3.64. The van der Waals surface area contributed by atoms with Crippen LogP contribution in [-0.2, 0) is 24.2 Å². The van der Waals surface area contributed by atoms with Crippen molar-refractivity contribution in [2.75, 3.05) is 11.1 Å². The first-order chi connectivity index (χ1) is 15.6. The van der Waals surface area contributed by atoms with E-state index in [2.05, 4.69) is 15.6 Å². The van der Waals surface area contributed by atoms with Crippen LogP contribution in [-0.4, -0.2) is 20.9 Å². The van der Waals surface area contributed by atoms with Gasteiger partial charge in [0.15, 0.2) is 0 Å². The van der Waals surface area contributed by atoms with Gasteiger partial charge in [0.2, 0.25) is 5.91 Å². The molecule has 0 unspecified atom stereocenters. The Morgan fingerprint density at radius 2 is 1.75 bits per heavy atom. The summed E-state index contributed by atoms with van der Waals surface area (Å²) in [6, 6.07) is 23.4. The van der Waals surface area contributed by atoms with Crippen molar-refractivity contribution in [2.24, 2.45) is 0 Å². The molecule has 6 nitrogen and oxygen atoms in total. The van der Waals surface area contributed by atoms with E-state index in [0.717, 1.165) is 28.3 Å². The maximum Gasteiger partial charge on any atom is 0.224 e. The normalized spacial score (nSPS) is 10.8. The SMILES string of the molecule is Nc1ccc(-c2ccccc2)cc1NC(=O)CCc1cn(CCc2ccc(Cl)cc2)nn1. The maximum atomic E-state index is 12.5. The van der Waals surface area contributed by atoms with Crippen LogP contribution >= 0.6 is 11.6 Å². The number of rotatable bonds is 8. The third-order valence-electron chi connectivity index (χ3n) is 5.17. The van der Waals surface area contributed by atoms with Gasteiger partial charge in [-0.25, -0.2) is 0 Å². The number of carbonyl (C=O) groups excluding carboxylic acids is 1. The molecule has 0 aliphatic heterocycles. The second-order valence-corrected chi connectivity index (χ2v) is 8.00. The topological polar surface area (TPSA) is 85.8 Å². The molecule has 0 aliphatic carbocycles. The number of aryl methyl sites for hydroxylation is 3. The minimum atomic E-state index is -0.113. The third-order valence-corrected chi connectivity index (χ3v) is 5.42. The molecule has 7 heteroatoms. The highest BCUT2D eigenvalue weighted by Gasteiger charge is 2.10. The van der Waals surface area contributed by atoms with Crippen molar-refractivity contribution in [1.29, 1.82) is 0 Å². The van der Waals surface area contributed by atoms with Crippen molar-refractivity contribution < 1.29 is 4.79 Å². The first-order valence-corrected chi connectivity index (χ1v) is 10.8. The fraction of sp³-hybridized carbons (Fsp3) is 0.160. The molecule has 1 heterocycles. The van der Waals surface area contributed by atoms with Crippen LogP contribution in [0.1, 0.15) is 17.7 Å². The molecule has 0 saturated heterocycles. The predicted molar refractivity (Wildman–Crippen MR) is 128 cm³/mol. The van der Waals surface area contributed by atoms with Gasteiger partial charge in [-0.3, -0.25) is 9.48 Å². The number of anilines is 2. The quantitative estimate of drug-likeness (QED) is 0.374. The van der Waals surface area contributed by atoms with Crippen molar-refractivity contribution >= 4 is 28.9 Å². The number of aromatic nitrogens is 3. The number of hydrogen-bond donors (Lipinski definition) is 2. The van der Waals surface area contributed by atoms with E-state index >= 15 is 0 Å². The Bertz CT molecular complexity index is 1190. The average Bonchev–Trinajstić information content (AvgIpc) is 3.27. The van der Waals surface area contributed by atoms with Crippen LogP contribution in [0, 0.1) is 0 Å². The minimum Gasteiger partial charge on any atom is -0.397 e. The molecule has 32 heavy (non-hydrogen) atoms. The van der Waals surface area contributed by atoms with Crippen LogP contribution in [0.15, 0.2) is 79.0 Å². The van der Waals surface area contributed by atoms with Crippen molar-refractivity contribution in [2.45, 2.75) is 25.8 Å². The van der Waals surface area contributed by atoms with E-state index in [0.29, 0.717) is 30.8 Å². The first-order valence-electron chi connectivity index (χ1n) is 10.4. The zero-order valence-corrected chi connectivity index (χ0v) is 18.3. The van der Waals surface area contributed by atoms with Gasteiger partial charge in [-0.2, -0.15) is 0 Å². The average molecular weight is 446 g/mol. The Morgan fingerprint density at radius 3 is 2.53 bits per heavy atom. The summed E-state index contributed by atoms with van der Waals surface area (Å²) in [6.45, 7) is 0.712. The van der Waals surface area contributed by atoms with Crippen LogP contribution in [0.3, 0.4) is 0 Å². The van der Waals surface area contributed by atoms with Gasteiger partial charge in [0.05, 0.1) is 17.1 Å². The summed E-state index contributed by atoms with van der Waals surface area (Å²) in [5.41, 5.74) is 11.2. The summed E-state index contributed by atoms with van der Waals surface area (Å²) in [5.74, 6) is -0.113. The van der Waals surface area contributed by atoms with Crippen LogP contribution in [0.2, 0.25) is 5.02 Å². The van der Waals surface area contributed by atoms with E-state index in [-0.39, 0.29) is 5.91 Å². The molecule has 0 saturated carbocycles. The van der Waals surface area contributed by atoms with Gasteiger partial charge in [0.25, 0.3) is 0 Å². The third kappa shape index (κ3) is 5.74. The molecule has 162 valence electrons. The number of amides is 1. The Morgan fingerprint density at radius 1 is 0.969 bits per heavy atom. The minimum absolute atomic E-state index is 0.113. The lowest BCUT2D eigenvalue weighted by molar-refractivity contribution is -0.116. The van der Waals surface area contributed by atoms with Gasteiger partial charge < -0.3 is 11.1 Å². The van der Waals surface area contributed by atoms with Crippen molar-refractivity contribution in [3.05, 3.63) is 95.3 Å². The molecule has 0 bridgehead atoms.